The van der Waals surface area contributed by atoms with Gasteiger partial charge in [0.15, 0.2) is 5.92 Å². The molecule has 4 nitrogen and oxygen atoms in total. The van der Waals surface area contributed by atoms with Gasteiger partial charge in [-0.25, -0.2) is 9.79 Å². The predicted molar refractivity (Wildman–Crippen MR) is 65.1 cm³/mol. The average molecular weight is 291 g/mol. The summed E-state index contributed by atoms with van der Waals surface area (Å²) in [6.45, 7) is 1.66. The third kappa shape index (κ3) is 2.55. The largest absolute Gasteiger partial charge is 0.462 e. The number of carbonyl (C=O) groups is 1. The van der Waals surface area contributed by atoms with Crippen molar-refractivity contribution in [1.82, 2.24) is 0 Å². The summed E-state index contributed by atoms with van der Waals surface area (Å²) in [5.74, 6) is -1.77. The second kappa shape index (κ2) is 4.68. The van der Waals surface area contributed by atoms with Crippen molar-refractivity contribution < 1.29 is 22.7 Å². The molecule has 1 radical (unpaired) electrons. The third-order valence-electron chi connectivity index (χ3n) is 2.42. The lowest BCUT2D eigenvalue weighted by Crippen LogP contribution is -2.42. The minimum atomic E-state index is -4.55. The molecule has 103 valence electrons. The number of fused-ring (bicyclic) bond motifs is 1. The topological polar surface area (TPSA) is 64.7 Å². The molecule has 1 aliphatic heterocycles. The van der Waals surface area contributed by atoms with Crippen LogP contribution in [0.5, 0.6) is 0 Å². The Balaban J connectivity index is 2.34. The summed E-state index contributed by atoms with van der Waals surface area (Å²) < 4.78 is 43.2. The lowest BCUT2D eigenvalue weighted by Gasteiger charge is -2.18. The highest BCUT2D eigenvalue weighted by atomic mass is 32.2. The molecule has 0 fully saturated rings. The van der Waals surface area contributed by atoms with Gasteiger partial charge in [0.1, 0.15) is 0 Å². The quantitative estimate of drug-likeness (QED) is 0.790. The van der Waals surface area contributed by atoms with Gasteiger partial charge in [-0.3, -0.25) is 5.73 Å². The van der Waals surface area contributed by atoms with Gasteiger partial charge in [-0.2, -0.15) is 13.2 Å². The van der Waals surface area contributed by atoms with Gasteiger partial charge in [0.2, 0.25) is 0 Å². The molecule has 0 saturated heterocycles. The fourth-order valence-corrected chi connectivity index (χ4v) is 2.64. The first-order valence-electron chi connectivity index (χ1n) is 5.36. The first kappa shape index (κ1) is 14.1. The van der Waals surface area contributed by atoms with Crippen LogP contribution in [0.2, 0.25) is 0 Å². The summed E-state index contributed by atoms with van der Waals surface area (Å²) in [4.78, 5) is 13.7. The summed E-state index contributed by atoms with van der Waals surface area (Å²) in [7, 11) is 0. The number of rotatable bonds is 2. The molecule has 2 rings (SSSR count). The molecule has 0 bridgehead atoms. The molecular formula is C11H10F3N2O2S. The molecule has 0 aromatic rings. The normalized spacial score (nSPS) is 26.8. The number of hydrogen-bond donors (Lipinski definition) is 1. The van der Waals surface area contributed by atoms with Crippen LogP contribution in [-0.2, 0) is 9.53 Å². The highest BCUT2D eigenvalue weighted by Gasteiger charge is 2.52. The van der Waals surface area contributed by atoms with E-state index >= 15 is 0 Å². The Morgan fingerprint density at radius 1 is 1.58 bits per heavy atom. The van der Waals surface area contributed by atoms with Crippen LogP contribution in [-0.4, -0.2) is 29.5 Å². The summed E-state index contributed by atoms with van der Waals surface area (Å²) >= 11 is 0.753. The van der Waals surface area contributed by atoms with Crippen molar-refractivity contribution in [2.75, 3.05) is 6.61 Å². The Morgan fingerprint density at radius 2 is 2.26 bits per heavy atom. The highest BCUT2D eigenvalue weighted by molar-refractivity contribution is 8.06. The number of alkyl halides is 3. The summed E-state index contributed by atoms with van der Waals surface area (Å²) in [6.07, 6.45) is -0.956. The molecule has 2 aliphatic rings. The Labute approximate surface area is 111 Å². The van der Waals surface area contributed by atoms with Crippen LogP contribution < -0.4 is 5.73 Å². The number of thioether (sulfide) groups is 1. The zero-order valence-corrected chi connectivity index (χ0v) is 10.6. The molecule has 0 saturated carbocycles. The van der Waals surface area contributed by atoms with Crippen LogP contribution in [0.15, 0.2) is 28.1 Å². The fraction of sp³-hybridized carbons (Fsp3) is 0.364. The standard InChI is InChI=1S/C11H10F3N2O2S/c1-2-18-9(17)11(15)16-8-6(10(12,13)14)4-3-5-7(8)19-11/h3-5H,2,15H2,1H3. The Kier molecular flexibility index (Phi) is 3.48. The fourth-order valence-electron chi connectivity index (χ4n) is 1.63. The van der Waals surface area contributed by atoms with Gasteiger partial charge in [0.25, 0.3) is 4.99 Å². The van der Waals surface area contributed by atoms with Gasteiger partial charge in [-0.15, -0.1) is 0 Å². The number of nitrogens with two attached hydrogens (primary N) is 1. The van der Waals surface area contributed by atoms with E-state index in [1.54, 1.807) is 6.92 Å². The molecule has 2 N–H and O–H groups in total. The highest BCUT2D eigenvalue weighted by Crippen LogP contribution is 2.46. The molecule has 0 aromatic heterocycles. The van der Waals surface area contributed by atoms with Gasteiger partial charge in [-0.05, 0) is 13.0 Å². The van der Waals surface area contributed by atoms with E-state index in [9.17, 15) is 18.0 Å². The number of nitrogens with zero attached hydrogens (tertiary/aromatic N) is 1. The van der Waals surface area contributed by atoms with Crippen molar-refractivity contribution in [2.24, 2.45) is 10.7 Å². The van der Waals surface area contributed by atoms with Crippen LogP contribution in [0.3, 0.4) is 0 Å². The Hall–Kier alpha value is -1.28. The maximum absolute atomic E-state index is 12.8. The van der Waals surface area contributed by atoms with Crippen molar-refractivity contribution in [3.63, 3.8) is 0 Å². The number of hydrogen-bond acceptors (Lipinski definition) is 5. The number of halogens is 3. The molecule has 1 aliphatic carbocycles. The van der Waals surface area contributed by atoms with E-state index in [2.05, 4.69) is 4.99 Å². The Bertz CT molecular complexity index is 499. The smallest absolute Gasteiger partial charge is 0.404 e. The van der Waals surface area contributed by atoms with Gasteiger partial charge < -0.3 is 4.74 Å². The number of aliphatic imine (C=N–C) groups is 1. The van der Waals surface area contributed by atoms with Crippen molar-refractivity contribution in [1.29, 1.82) is 0 Å². The van der Waals surface area contributed by atoms with Crippen molar-refractivity contribution in [3.8, 4) is 0 Å². The summed E-state index contributed by atoms with van der Waals surface area (Å²) in [5.41, 5.74) is 5.40. The molecule has 0 amide bonds. The van der Waals surface area contributed by atoms with Crippen LogP contribution in [0, 0.1) is 5.92 Å². The van der Waals surface area contributed by atoms with E-state index in [1.165, 1.54) is 12.2 Å². The molecule has 0 aromatic carbocycles. The minimum absolute atomic E-state index is 0.0797. The van der Waals surface area contributed by atoms with E-state index in [0.717, 1.165) is 17.8 Å². The van der Waals surface area contributed by atoms with E-state index < -0.39 is 23.1 Å². The summed E-state index contributed by atoms with van der Waals surface area (Å²) in [5, 5.41) is 0. The van der Waals surface area contributed by atoms with Crippen LogP contribution >= 0.6 is 11.8 Å². The molecule has 1 atom stereocenters. The molecule has 19 heavy (non-hydrogen) atoms. The van der Waals surface area contributed by atoms with Crippen LogP contribution in [0.4, 0.5) is 13.2 Å². The molecule has 0 spiro atoms. The Morgan fingerprint density at radius 3 is 2.84 bits per heavy atom. The number of ether oxygens (including phenoxy) is 1. The van der Waals surface area contributed by atoms with Crippen molar-refractivity contribution >= 4 is 23.4 Å². The van der Waals surface area contributed by atoms with E-state index in [4.69, 9.17) is 10.5 Å². The molecule has 8 heteroatoms. The first-order valence-corrected chi connectivity index (χ1v) is 6.18. The SMILES string of the molecule is CCOC(=O)C1(N)N=C2[C](C(F)(F)F)C=CC=C2S1. The molecular weight excluding hydrogens is 281 g/mol. The van der Waals surface area contributed by atoms with Crippen LogP contribution in [0.1, 0.15) is 6.92 Å². The van der Waals surface area contributed by atoms with Gasteiger partial charge >= 0.3 is 12.1 Å². The number of carbonyl (C=O) groups excluding carboxylic acids is 1. The summed E-state index contributed by atoms with van der Waals surface area (Å²) in [6, 6.07) is 0. The van der Waals surface area contributed by atoms with E-state index in [-0.39, 0.29) is 17.2 Å². The molecule has 1 heterocycles. The second-order valence-corrected chi connectivity index (χ2v) is 5.05. The monoisotopic (exact) mass is 291 g/mol. The van der Waals surface area contributed by atoms with Crippen molar-refractivity contribution in [3.05, 3.63) is 29.1 Å². The lowest BCUT2D eigenvalue weighted by molar-refractivity contribution is -0.145. The molecule has 1 unspecified atom stereocenters. The second-order valence-electron chi connectivity index (χ2n) is 3.78. The maximum Gasteiger partial charge on any atom is 0.404 e. The minimum Gasteiger partial charge on any atom is -0.462 e. The zero-order chi connectivity index (χ0) is 14.3. The average Bonchev–Trinajstić information content (AvgIpc) is 2.65. The number of esters is 1. The number of allylic oxidation sites excluding steroid dienone is 4. The lowest BCUT2D eigenvalue weighted by atomic mass is 9.97. The van der Waals surface area contributed by atoms with Gasteiger partial charge in [0.05, 0.1) is 12.3 Å². The zero-order valence-electron chi connectivity index (χ0n) is 9.82. The van der Waals surface area contributed by atoms with Gasteiger partial charge in [0, 0.05) is 4.91 Å². The van der Waals surface area contributed by atoms with E-state index in [1.807, 2.05) is 0 Å². The predicted octanol–water partition coefficient (Wildman–Crippen LogP) is 1.94. The van der Waals surface area contributed by atoms with Crippen molar-refractivity contribution in [2.45, 2.75) is 18.1 Å². The van der Waals surface area contributed by atoms with Crippen LogP contribution in [0.25, 0.3) is 0 Å². The van der Waals surface area contributed by atoms with Gasteiger partial charge in [-0.1, -0.05) is 23.9 Å². The first-order chi connectivity index (χ1) is 8.78. The maximum atomic E-state index is 12.8. The third-order valence-corrected chi connectivity index (χ3v) is 3.53. The van der Waals surface area contributed by atoms with E-state index in [0.29, 0.717) is 0 Å².